The highest BCUT2D eigenvalue weighted by Crippen LogP contribution is 1.95. The van der Waals surface area contributed by atoms with E-state index < -0.39 is 6.10 Å². The third-order valence-electron chi connectivity index (χ3n) is 1.25. The molecule has 12 heavy (non-hydrogen) atoms. The molecule has 0 aliphatic rings. The number of rotatable bonds is 3. The maximum Gasteiger partial charge on any atom is 0.256 e. The summed E-state index contributed by atoms with van der Waals surface area (Å²) in [6.45, 7) is 1.82. The molecule has 1 aromatic rings. The lowest BCUT2D eigenvalue weighted by molar-refractivity contribution is 0.0923. The van der Waals surface area contributed by atoms with Gasteiger partial charge in [0.05, 0.1) is 17.9 Å². The average Bonchev–Trinajstić information content (AvgIpc) is 2.51. The number of hydrogen-bond acceptors (Lipinski definition) is 4. The molecule has 1 heterocycles. The molecular weight excluding hydrogens is 160 g/mol. The lowest BCUT2D eigenvalue weighted by Gasteiger charge is -2.04. The summed E-state index contributed by atoms with van der Waals surface area (Å²) >= 11 is 0. The van der Waals surface area contributed by atoms with E-state index in [1.165, 1.54) is 12.5 Å². The van der Waals surface area contributed by atoms with Gasteiger partial charge in [-0.25, -0.2) is 0 Å². The van der Waals surface area contributed by atoms with Crippen molar-refractivity contribution >= 4 is 5.91 Å². The molecule has 1 amide bonds. The summed E-state index contributed by atoms with van der Waals surface area (Å²) in [5, 5.41) is 14.7. The Labute approximate surface area is 69.4 Å². The molecule has 0 saturated heterocycles. The Bertz CT molecular complexity index is 243. The second-order valence-electron chi connectivity index (χ2n) is 2.47. The summed E-state index contributed by atoms with van der Waals surface area (Å²) in [4.78, 5) is 11.1. The van der Waals surface area contributed by atoms with Crippen molar-refractivity contribution in [2.75, 3.05) is 6.54 Å². The molecule has 5 nitrogen and oxygen atoms in total. The number of carbonyl (C=O) groups is 1. The molecule has 0 aromatic carbocycles. The summed E-state index contributed by atoms with van der Waals surface area (Å²) in [7, 11) is 0. The van der Waals surface area contributed by atoms with Crippen LogP contribution in [0.2, 0.25) is 0 Å². The third-order valence-corrected chi connectivity index (χ3v) is 1.25. The van der Waals surface area contributed by atoms with E-state index in [4.69, 9.17) is 5.11 Å². The van der Waals surface area contributed by atoms with Crippen LogP contribution in [0.3, 0.4) is 0 Å². The van der Waals surface area contributed by atoms with Gasteiger partial charge in [0, 0.05) is 6.54 Å². The summed E-state index contributed by atoms with van der Waals surface area (Å²) in [6, 6.07) is 0. The van der Waals surface area contributed by atoms with Gasteiger partial charge in [0.25, 0.3) is 5.91 Å². The highest BCUT2D eigenvalue weighted by atomic mass is 16.5. The van der Waals surface area contributed by atoms with Gasteiger partial charge < -0.3 is 14.9 Å². The minimum Gasteiger partial charge on any atom is -0.392 e. The second-order valence-corrected chi connectivity index (χ2v) is 2.47. The lowest BCUT2D eigenvalue weighted by Crippen LogP contribution is -2.30. The van der Waals surface area contributed by atoms with E-state index >= 15 is 0 Å². The van der Waals surface area contributed by atoms with E-state index in [-0.39, 0.29) is 12.5 Å². The summed E-state index contributed by atoms with van der Waals surface area (Å²) in [6.07, 6.45) is 2.02. The smallest absolute Gasteiger partial charge is 0.256 e. The summed E-state index contributed by atoms with van der Waals surface area (Å²) in [5.74, 6) is -0.294. The predicted molar refractivity (Wildman–Crippen MR) is 40.5 cm³/mol. The van der Waals surface area contributed by atoms with Gasteiger partial charge in [-0.2, -0.15) is 0 Å². The molecule has 0 fully saturated rings. The molecule has 1 rings (SSSR count). The Morgan fingerprint density at radius 3 is 3.17 bits per heavy atom. The fraction of sp³-hybridized carbons (Fsp3) is 0.429. The average molecular weight is 170 g/mol. The van der Waals surface area contributed by atoms with Gasteiger partial charge in [-0.3, -0.25) is 4.79 Å². The van der Waals surface area contributed by atoms with Crippen molar-refractivity contribution in [2.45, 2.75) is 13.0 Å². The van der Waals surface area contributed by atoms with Crippen LogP contribution in [0, 0.1) is 0 Å². The molecule has 66 valence electrons. The third kappa shape index (κ3) is 2.35. The zero-order valence-corrected chi connectivity index (χ0v) is 6.65. The summed E-state index contributed by atoms with van der Waals surface area (Å²) in [5.41, 5.74) is 0.357. The van der Waals surface area contributed by atoms with Crippen LogP contribution in [0.25, 0.3) is 0 Å². The monoisotopic (exact) mass is 170 g/mol. The topological polar surface area (TPSA) is 75.4 Å². The molecule has 0 saturated carbocycles. The van der Waals surface area contributed by atoms with Gasteiger partial charge in [0.15, 0.2) is 0 Å². The Balaban J connectivity index is 2.40. The molecule has 2 N–H and O–H groups in total. The van der Waals surface area contributed by atoms with Crippen LogP contribution in [-0.2, 0) is 0 Å². The molecule has 1 aromatic heterocycles. The fourth-order valence-corrected chi connectivity index (χ4v) is 0.659. The van der Waals surface area contributed by atoms with Crippen molar-refractivity contribution in [3.8, 4) is 0 Å². The van der Waals surface area contributed by atoms with Gasteiger partial charge in [0.2, 0.25) is 0 Å². The van der Waals surface area contributed by atoms with Crippen molar-refractivity contribution in [1.29, 1.82) is 0 Å². The Morgan fingerprint density at radius 2 is 2.67 bits per heavy atom. The van der Waals surface area contributed by atoms with E-state index in [1.54, 1.807) is 6.92 Å². The quantitative estimate of drug-likeness (QED) is 0.657. The van der Waals surface area contributed by atoms with Crippen LogP contribution < -0.4 is 5.32 Å². The largest absolute Gasteiger partial charge is 0.392 e. The van der Waals surface area contributed by atoms with Crippen molar-refractivity contribution in [3.63, 3.8) is 0 Å². The van der Waals surface area contributed by atoms with Crippen LogP contribution in [0.15, 0.2) is 17.0 Å². The first-order valence-corrected chi connectivity index (χ1v) is 3.56. The molecule has 0 radical (unpaired) electrons. The van der Waals surface area contributed by atoms with Crippen LogP contribution >= 0.6 is 0 Å². The SMILES string of the molecule is C[C@@H](O)CNC(=O)c1cnoc1. The maximum atomic E-state index is 11.1. The van der Waals surface area contributed by atoms with E-state index in [1.807, 2.05) is 0 Å². The number of hydrogen-bond donors (Lipinski definition) is 2. The molecule has 0 spiro atoms. The molecule has 1 atom stereocenters. The number of nitrogens with one attached hydrogen (secondary N) is 1. The molecule has 0 aliphatic carbocycles. The minimum absolute atomic E-state index is 0.226. The Hall–Kier alpha value is -1.36. The molecule has 0 unspecified atom stereocenters. The zero-order chi connectivity index (χ0) is 8.97. The highest BCUT2D eigenvalue weighted by Gasteiger charge is 2.07. The highest BCUT2D eigenvalue weighted by molar-refractivity contribution is 5.93. The van der Waals surface area contributed by atoms with Gasteiger partial charge in [-0.05, 0) is 6.92 Å². The molecule has 0 aliphatic heterocycles. The van der Waals surface area contributed by atoms with Gasteiger partial charge in [0.1, 0.15) is 6.26 Å². The zero-order valence-electron chi connectivity index (χ0n) is 6.65. The molecule has 5 heteroatoms. The number of aliphatic hydroxyl groups is 1. The lowest BCUT2D eigenvalue weighted by atomic mass is 10.3. The predicted octanol–water partition coefficient (Wildman–Crippen LogP) is -0.215. The Kier molecular flexibility index (Phi) is 2.82. The first-order valence-electron chi connectivity index (χ1n) is 3.56. The normalized spacial score (nSPS) is 12.5. The van der Waals surface area contributed by atoms with Gasteiger partial charge >= 0.3 is 0 Å². The van der Waals surface area contributed by atoms with Crippen LogP contribution in [0.4, 0.5) is 0 Å². The van der Waals surface area contributed by atoms with E-state index in [0.29, 0.717) is 5.56 Å². The van der Waals surface area contributed by atoms with Gasteiger partial charge in [-0.15, -0.1) is 0 Å². The van der Waals surface area contributed by atoms with Crippen LogP contribution in [0.1, 0.15) is 17.3 Å². The van der Waals surface area contributed by atoms with Gasteiger partial charge in [-0.1, -0.05) is 5.16 Å². The maximum absolute atomic E-state index is 11.1. The number of aliphatic hydroxyl groups excluding tert-OH is 1. The van der Waals surface area contributed by atoms with E-state index in [0.717, 1.165) is 0 Å². The number of nitrogens with zero attached hydrogens (tertiary/aromatic N) is 1. The first-order chi connectivity index (χ1) is 5.70. The van der Waals surface area contributed by atoms with E-state index in [9.17, 15) is 4.79 Å². The van der Waals surface area contributed by atoms with Crippen molar-refractivity contribution < 1.29 is 14.4 Å². The molecule has 0 bridgehead atoms. The number of amides is 1. The van der Waals surface area contributed by atoms with Crippen LogP contribution in [-0.4, -0.2) is 28.8 Å². The molecular formula is C7H10N2O3. The number of carbonyl (C=O) groups excluding carboxylic acids is 1. The van der Waals surface area contributed by atoms with Crippen molar-refractivity contribution in [1.82, 2.24) is 10.5 Å². The fourth-order valence-electron chi connectivity index (χ4n) is 0.659. The van der Waals surface area contributed by atoms with Crippen LogP contribution in [0.5, 0.6) is 0 Å². The standard InChI is InChI=1S/C7H10N2O3/c1-5(10)2-8-7(11)6-3-9-12-4-6/h3-5,10H,2H2,1H3,(H,8,11)/t5-/m1/s1. The minimum atomic E-state index is -0.547. The second kappa shape index (κ2) is 3.87. The van der Waals surface area contributed by atoms with Crippen molar-refractivity contribution in [2.24, 2.45) is 0 Å². The number of aromatic nitrogens is 1. The summed E-state index contributed by atoms with van der Waals surface area (Å²) < 4.78 is 4.47. The van der Waals surface area contributed by atoms with Crippen molar-refractivity contribution in [3.05, 3.63) is 18.0 Å². The first kappa shape index (κ1) is 8.73. The van der Waals surface area contributed by atoms with E-state index in [2.05, 4.69) is 15.0 Å². The Morgan fingerprint density at radius 1 is 1.92 bits per heavy atom.